The van der Waals surface area contributed by atoms with Crippen LogP contribution in [0.5, 0.6) is 0 Å². The number of fused-ring (bicyclic) bond motifs is 1. The van der Waals surface area contributed by atoms with Gasteiger partial charge in [-0.2, -0.15) is 0 Å². The fourth-order valence-electron chi connectivity index (χ4n) is 3.25. The van der Waals surface area contributed by atoms with Crippen molar-refractivity contribution in [3.63, 3.8) is 0 Å². The van der Waals surface area contributed by atoms with Gasteiger partial charge in [0.1, 0.15) is 6.10 Å². The Labute approximate surface area is 109 Å². The molecule has 0 amide bonds. The third kappa shape index (κ3) is 2.19. The molecule has 1 aliphatic heterocycles. The summed E-state index contributed by atoms with van der Waals surface area (Å²) in [6.45, 7) is 2.95. The second-order valence-corrected chi connectivity index (χ2v) is 5.78. The summed E-state index contributed by atoms with van der Waals surface area (Å²) in [5.41, 5.74) is 3.94. The van der Waals surface area contributed by atoms with Crippen molar-refractivity contribution in [2.24, 2.45) is 5.92 Å². The highest BCUT2D eigenvalue weighted by molar-refractivity contribution is 5.35. The van der Waals surface area contributed by atoms with Gasteiger partial charge >= 0.3 is 0 Å². The van der Waals surface area contributed by atoms with Gasteiger partial charge < -0.3 is 9.84 Å². The third-order valence-corrected chi connectivity index (χ3v) is 4.47. The maximum absolute atomic E-state index is 10.5. The zero-order valence-corrected chi connectivity index (χ0v) is 11.1. The second-order valence-electron chi connectivity index (χ2n) is 5.78. The van der Waals surface area contributed by atoms with Gasteiger partial charge in [0.2, 0.25) is 0 Å². The first kappa shape index (κ1) is 12.2. The molecule has 1 fully saturated rings. The molecule has 18 heavy (non-hydrogen) atoms. The molecule has 1 aromatic rings. The molecule has 1 saturated heterocycles. The minimum atomic E-state index is -0.463. The van der Waals surface area contributed by atoms with Crippen LogP contribution >= 0.6 is 0 Å². The van der Waals surface area contributed by atoms with Crippen molar-refractivity contribution >= 4 is 0 Å². The number of benzene rings is 1. The topological polar surface area (TPSA) is 29.5 Å². The van der Waals surface area contributed by atoms with E-state index in [0.717, 1.165) is 25.0 Å². The lowest BCUT2D eigenvalue weighted by Gasteiger charge is -2.24. The fraction of sp³-hybridized carbons (Fsp3) is 0.625. The molecule has 1 N–H and O–H groups in total. The van der Waals surface area contributed by atoms with Crippen LogP contribution in [0.1, 0.15) is 49.0 Å². The Bertz CT molecular complexity index is 427. The maximum atomic E-state index is 10.5. The van der Waals surface area contributed by atoms with Crippen molar-refractivity contribution in [3.8, 4) is 0 Å². The number of rotatable bonds is 2. The SMILES string of the molecule is CC1CCOC1C(O)c1ccc2c(c1)CCCC2. The van der Waals surface area contributed by atoms with E-state index in [2.05, 4.69) is 25.1 Å². The van der Waals surface area contributed by atoms with Crippen LogP contribution in [-0.2, 0) is 17.6 Å². The van der Waals surface area contributed by atoms with E-state index in [4.69, 9.17) is 4.74 Å². The van der Waals surface area contributed by atoms with Crippen LogP contribution in [0.25, 0.3) is 0 Å². The minimum absolute atomic E-state index is 0.0216. The molecule has 3 unspecified atom stereocenters. The van der Waals surface area contributed by atoms with Gasteiger partial charge in [0.05, 0.1) is 6.10 Å². The van der Waals surface area contributed by atoms with E-state index >= 15 is 0 Å². The molecule has 2 aliphatic rings. The lowest BCUT2D eigenvalue weighted by Crippen LogP contribution is -2.23. The van der Waals surface area contributed by atoms with Crippen LogP contribution in [0.3, 0.4) is 0 Å². The van der Waals surface area contributed by atoms with Crippen LogP contribution < -0.4 is 0 Å². The summed E-state index contributed by atoms with van der Waals surface area (Å²) in [4.78, 5) is 0. The molecule has 2 nitrogen and oxygen atoms in total. The van der Waals surface area contributed by atoms with Crippen LogP contribution in [0.4, 0.5) is 0 Å². The smallest absolute Gasteiger partial charge is 0.105 e. The van der Waals surface area contributed by atoms with E-state index in [1.54, 1.807) is 0 Å². The molecule has 2 heteroatoms. The van der Waals surface area contributed by atoms with Crippen molar-refractivity contribution in [1.29, 1.82) is 0 Å². The lowest BCUT2D eigenvalue weighted by molar-refractivity contribution is -0.0178. The van der Waals surface area contributed by atoms with Gasteiger partial charge in [0.15, 0.2) is 0 Å². The van der Waals surface area contributed by atoms with Crippen molar-refractivity contribution < 1.29 is 9.84 Å². The van der Waals surface area contributed by atoms with Crippen molar-refractivity contribution in [2.75, 3.05) is 6.61 Å². The molecule has 0 saturated carbocycles. The van der Waals surface area contributed by atoms with Crippen LogP contribution in [0, 0.1) is 5.92 Å². The van der Waals surface area contributed by atoms with E-state index in [0.29, 0.717) is 5.92 Å². The largest absolute Gasteiger partial charge is 0.386 e. The summed E-state index contributed by atoms with van der Waals surface area (Å²) in [6, 6.07) is 6.49. The molecule has 0 aromatic heterocycles. The summed E-state index contributed by atoms with van der Waals surface area (Å²) in [5, 5.41) is 10.5. The molecule has 1 heterocycles. The van der Waals surface area contributed by atoms with Gasteiger partial charge in [-0.3, -0.25) is 0 Å². The molecular formula is C16H22O2. The molecule has 3 rings (SSSR count). The number of aryl methyl sites for hydroxylation is 2. The summed E-state index contributed by atoms with van der Waals surface area (Å²) < 4.78 is 5.68. The fourth-order valence-corrected chi connectivity index (χ4v) is 3.25. The Morgan fingerprint density at radius 3 is 2.72 bits per heavy atom. The van der Waals surface area contributed by atoms with Gasteiger partial charge in [-0.05, 0) is 54.7 Å². The highest BCUT2D eigenvalue weighted by Gasteiger charge is 2.32. The summed E-state index contributed by atoms with van der Waals surface area (Å²) in [7, 11) is 0. The van der Waals surface area contributed by atoms with Gasteiger partial charge in [0.25, 0.3) is 0 Å². The predicted octanol–water partition coefficient (Wildman–Crippen LogP) is 3.02. The maximum Gasteiger partial charge on any atom is 0.105 e. The first-order chi connectivity index (χ1) is 8.75. The number of hydrogen-bond donors (Lipinski definition) is 1. The number of aliphatic hydroxyl groups excluding tert-OH is 1. The standard InChI is InChI=1S/C16H22O2/c1-11-8-9-18-16(11)15(17)14-7-6-12-4-2-3-5-13(12)10-14/h6-7,10-11,15-17H,2-5,8-9H2,1H3. The molecule has 0 radical (unpaired) electrons. The lowest BCUT2D eigenvalue weighted by atomic mass is 9.87. The van der Waals surface area contributed by atoms with E-state index in [1.165, 1.54) is 30.4 Å². The predicted molar refractivity (Wildman–Crippen MR) is 71.6 cm³/mol. The van der Waals surface area contributed by atoms with Crippen LogP contribution in [-0.4, -0.2) is 17.8 Å². The van der Waals surface area contributed by atoms with E-state index < -0.39 is 6.10 Å². The number of ether oxygens (including phenoxy) is 1. The minimum Gasteiger partial charge on any atom is -0.386 e. The Kier molecular flexibility index (Phi) is 3.40. The van der Waals surface area contributed by atoms with Crippen molar-refractivity contribution in [3.05, 3.63) is 34.9 Å². The molecule has 3 atom stereocenters. The van der Waals surface area contributed by atoms with Gasteiger partial charge in [0, 0.05) is 6.61 Å². The first-order valence-electron chi connectivity index (χ1n) is 7.17. The van der Waals surface area contributed by atoms with Gasteiger partial charge in [-0.25, -0.2) is 0 Å². The summed E-state index contributed by atoms with van der Waals surface area (Å²) in [5.74, 6) is 0.455. The summed E-state index contributed by atoms with van der Waals surface area (Å²) in [6.07, 6.45) is 5.52. The number of aliphatic hydroxyl groups is 1. The van der Waals surface area contributed by atoms with E-state index in [9.17, 15) is 5.11 Å². The third-order valence-electron chi connectivity index (χ3n) is 4.47. The van der Waals surface area contributed by atoms with Crippen molar-refractivity contribution in [1.82, 2.24) is 0 Å². The monoisotopic (exact) mass is 246 g/mol. The molecule has 1 aliphatic carbocycles. The van der Waals surface area contributed by atoms with Crippen LogP contribution in [0.2, 0.25) is 0 Å². The highest BCUT2D eigenvalue weighted by Crippen LogP contribution is 2.33. The quantitative estimate of drug-likeness (QED) is 0.869. The molecular weight excluding hydrogens is 224 g/mol. The average molecular weight is 246 g/mol. The Morgan fingerprint density at radius 2 is 2.00 bits per heavy atom. The number of hydrogen-bond acceptors (Lipinski definition) is 2. The Morgan fingerprint density at radius 1 is 1.22 bits per heavy atom. The van der Waals surface area contributed by atoms with Gasteiger partial charge in [-0.15, -0.1) is 0 Å². The zero-order chi connectivity index (χ0) is 12.5. The molecule has 0 bridgehead atoms. The van der Waals surface area contributed by atoms with E-state index in [-0.39, 0.29) is 6.10 Å². The van der Waals surface area contributed by atoms with Crippen LogP contribution in [0.15, 0.2) is 18.2 Å². The van der Waals surface area contributed by atoms with Gasteiger partial charge in [-0.1, -0.05) is 25.1 Å². The molecule has 0 spiro atoms. The Hall–Kier alpha value is -0.860. The second kappa shape index (κ2) is 5.02. The Balaban J connectivity index is 1.83. The average Bonchev–Trinajstić information content (AvgIpc) is 2.83. The molecule has 98 valence electrons. The van der Waals surface area contributed by atoms with Crippen molar-refractivity contribution in [2.45, 2.75) is 51.2 Å². The normalized spacial score (nSPS) is 29.0. The highest BCUT2D eigenvalue weighted by atomic mass is 16.5. The first-order valence-corrected chi connectivity index (χ1v) is 7.17. The van der Waals surface area contributed by atoms with E-state index in [1.807, 2.05) is 0 Å². The molecule has 1 aromatic carbocycles. The summed E-state index contributed by atoms with van der Waals surface area (Å²) >= 11 is 0. The zero-order valence-electron chi connectivity index (χ0n) is 11.1.